The van der Waals surface area contributed by atoms with Crippen molar-refractivity contribution < 1.29 is 9.90 Å². The van der Waals surface area contributed by atoms with Gasteiger partial charge in [-0.3, -0.25) is 4.79 Å². The molecule has 0 heterocycles. The minimum Gasteiger partial charge on any atom is -0.481 e. The predicted molar refractivity (Wildman–Crippen MR) is 72.3 cm³/mol. The molecule has 0 saturated heterocycles. The second-order valence-corrected chi connectivity index (χ2v) is 5.03. The Balaban J connectivity index is 3.94. The first-order valence-corrected chi connectivity index (χ1v) is 6.99. The fraction of sp³-hybridized carbons (Fsp3) is 0.929. The number of rotatable bonds is 10. The maximum Gasteiger partial charge on any atom is 0.307 e. The van der Waals surface area contributed by atoms with Crippen molar-refractivity contribution in [3.63, 3.8) is 0 Å². The molecule has 3 heteroatoms. The summed E-state index contributed by atoms with van der Waals surface area (Å²) in [6, 6.07) is 0.499. The van der Waals surface area contributed by atoms with E-state index < -0.39 is 5.97 Å². The lowest BCUT2D eigenvalue weighted by molar-refractivity contribution is -0.141. The van der Waals surface area contributed by atoms with E-state index in [1.165, 1.54) is 32.1 Å². The highest BCUT2D eigenvalue weighted by atomic mass is 16.4. The highest BCUT2D eigenvalue weighted by Crippen LogP contribution is 2.12. The molecule has 0 rings (SSSR count). The average Bonchev–Trinajstić information content (AvgIpc) is 2.30. The largest absolute Gasteiger partial charge is 0.481 e. The van der Waals surface area contributed by atoms with Crippen LogP contribution < -0.4 is 0 Å². The van der Waals surface area contributed by atoms with Gasteiger partial charge < -0.3 is 10.0 Å². The third-order valence-corrected chi connectivity index (χ3v) is 3.43. The van der Waals surface area contributed by atoms with E-state index in [-0.39, 0.29) is 5.92 Å². The van der Waals surface area contributed by atoms with Gasteiger partial charge in [0.25, 0.3) is 0 Å². The van der Waals surface area contributed by atoms with Gasteiger partial charge in [-0.1, -0.05) is 46.5 Å². The molecule has 1 N–H and O–H groups in total. The molecule has 0 aliphatic carbocycles. The SMILES string of the molecule is CCCCCCC(C)N(CC)CC(C)C(=O)O. The van der Waals surface area contributed by atoms with E-state index in [1.807, 2.05) is 0 Å². The number of nitrogens with zero attached hydrogens (tertiary/aromatic N) is 1. The summed E-state index contributed by atoms with van der Waals surface area (Å²) in [5.74, 6) is -0.963. The highest BCUT2D eigenvalue weighted by molar-refractivity contribution is 5.69. The summed E-state index contributed by atoms with van der Waals surface area (Å²) >= 11 is 0. The Morgan fingerprint density at radius 1 is 1.18 bits per heavy atom. The number of carbonyl (C=O) groups is 1. The smallest absolute Gasteiger partial charge is 0.307 e. The van der Waals surface area contributed by atoms with Crippen LogP contribution in [0, 0.1) is 5.92 Å². The molecule has 0 spiro atoms. The second kappa shape index (κ2) is 9.46. The van der Waals surface area contributed by atoms with Crippen LogP contribution >= 0.6 is 0 Å². The van der Waals surface area contributed by atoms with Crippen LogP contribution in [-0.4, -0.2) is 35.1 Å². The molecular weight excluding hydrogens is 214 g/mol. The van der Waals surface area contributed by atoms with Crippen LogP contribution in [0.25, 0.3) is 0 Å². The van der Waals surface area contributed by atoms with Crippen molar-refractivity contribution in [2.24, 2.45) is 5.92 Å². The predicted octanol–water partition coefficient (Wildman–Crippen LogP) is 3.39. The molecule has 17 heavy (non-hydrogen) atoms. The lowest BCUT2D eigenvalue weighted by atomic mass is 10.1. The van der Waals surface area contributed by atoms with Crippen LogP contribution in [0.3, 0.4) is 0 Å². The first-order chi connectivity index (χ1) is 8.02. The molecule has 0 saturated carbocycles. The van der Waals surface area contributed by atoms with E-state index in [0.29, 0.717) is 12.6 Å². The molecule has 0 amide bonds. The van der Waals surface area contributed by atoms with Gasteiger partial charge in [-0.05, 0) is 19.9 Å². The fourth-order valence-electron chi connectivity index (χ4n) is 2.10. The van der Waals surface area contributed by atoms with Crippen LogP contribution in [0.1, 0.15) is 59.8 Å². The summed E-state index contributed by atoms with van der Waals surface area (Å²) in [7, 11) is 0. The summed E-state index contributed by atoms with van der Waals surface area (Å²) in [5.41, 5.74) is 0. The summed E-state index contributed by atoms with van der Waals surface area (Å²) in [5, 5.41) is 8.93. The fourth-order valence-corrected chi connectivity index (χ4v) is 2.10. The Bertz CT molecular complexity index is 206. The number of unbranched alkanes of at least 4 members (excludes halogenated alkanes) is 3. The standard InChI is InChI=1S/C14H29NO2/c1-5-7-8-9-10-13(4)15(6-2)11-12(3)14(16)17/h12-13H,5-11H2,1-4H3,(H,16,17). The van der Waals surface area contributed by atoms with Crippen LogP contribution in [0.4, 0.5) is 0 Å². The average molecular weight is 243 g/mol. The summed E-state index contributed by atoms with van der Waals surface area (Å²) in [4.78, 5) is 13.1. The molecule has 0 fully saturated rings. The van der Waals surface area contributed by atoms with Crippen molar-refractivity contribution in [1.29, 1.82) is 0 Å². The van der Waals surface area contributed by atoms with Gasteiger partial charge in [-0.15, -0.1) is 0 Å². The molecule has 2 unspecified atom stereocenters. The molecule has 0 aromatic heterocycles. The minimum atomic E-state index is -0.693. The van der Waals surface area contributed by atoms with Gasteiger partial charge in [-0.2, -0.15) is 0 Å². The number of hydrogen-bond donors (Lipinski definition) is 1. The van der Waals surface area contributed by atoms with Crippen molar-refractivity contribution in [3.8, 4) is 0 Å². The summed E-state index contributed by atoms with van der Waals surface area (Å²) in [6.07, 6.45) is 6.31. The Labute approximate surface area is 106 Å². The molecule has 0 aliphatic rings. The van der Waals surface area contributed by atoms with Crippen LogP contribution in [0.15, 0.2) is 0 Å². The third kappa shape index (κ3) is 7.37. The molecule has 0 bridgehead atoms. The molecule has 0 radical (unpaired) electrons. The van der Waals surface area contributed by atoms with Gasteiger partial charge in [-0.25, -0.2) is 0 Å². The number of aliphatic carboxylic acids is 1. The second-order valence-electron chi connectivity index (χ2n) is 5.03. The van der Waals surface area contributed by atoms with E-state index in [1.54, 1.807) is 6.92 Å². The highest BCUT2D eigenvalue weighted by Gasteiger charge is 2.18. The van der Waals surface area contributed by atoms with Crippen LogP contribution in [0.2, 0.25) is 0 Å². The normalized spacial score (nSPS) is 14.9. The summed E-state index contributed by atoms with van der Waals surface area (Å²) < 4.78 is 0. The van der Waals surface area contributed by atoms with E-state index in [9.17, 15) is 4.79 Å². The van der Waals surface area contributed by atoms with Crippen molar-refractivity contribution in [2.45, 2.75) is 65.8 Å². The Kier molecular flexibility index (Phi) is 9.14. The van der Waals surface area contributed by atoms with E-state index >= 15 is 0 Å². The number of carboxylic acids is 1. The third-order valence-electron chi connectivity index (χ3n) is 3.43. The van der Waals surface area contributed by atoms with Gasteiger partial charge in [0, 0.05) is 12.6 Å². The minimum absolute atomic E-state index is 0.270. The molecule has 0 aromatic rings. The number of carboxylic acid groups (broad SMARTS) is 1. The molecule has 0 aliphatic heterocycles. The number of hydrogen-bond acceptors (Lipinski definition) is 2. The van der Waals surface area contributed by atoms with E-state index in [4.69, 9.17) is 5.11 Å². The van der Waals surface area contributed by atoms with E-state index in [0.717, 1.165) is 6.54 Å². The first kappa shape index (κ1) is 16.4. The van der Waals surface area contributed by atoms with Gasteiger partial charge in [0.2, 0.25) is 0 Å². The van der Waals surface area contributed by atoms with Crippen molar-refractivity contribution in [3.05, 3.63) is 0 Å². The lowest BCUT2D eigenvalue weighted by Crippen LogP contribution is -2.38. The Hall–Kier alpha value is -0.570. The molecular formula is C14H29NO2. The lowest BCUT2D eigenvalue weighted by Gasteiger charge is -2.29. The topological polar surface area (TPSA) is 40.5 Å². The Morgan fingerprint density at radius 3 is 2.29 bits per heavy atom. The zero-order chi connectivity index (χ0) is 13.3. The molecule has 2 atom stereocenters. The van der Waals surface area contributed by atoms with Gasteiger partial charge in [0.15, 0.2) is 0 Å². The maximum absolute atomic E-state index is 10.8. The van der Waals surface area contributed by atoms with Gasteiger partial charge in [0.1, 0.15) is 0 Å². The molecule has 3 nitrogen and oxygen atoms in total. The molecule has 102 valence electrons. The van der Waals surface area contributed by atoms with Crippen LogP contribution in [0.5, 0.6) is 0 Å². The van der Waals surface area contributed by atoms with Gasteiger partial charge in [0.05, 0.1) is 5.92 Å². The van der Waals surface area contributed by atoms with Gasteiger partial charge >= 0.3 is 5.97 Å². The maximum atomic E-state index is 10.8. The summed E-state index contributed by atoms with van der Waals surface area (Å²) in [6.45, 7) is 9.93. The first-order valence-electron chi connectivity index (χ1n) is 6.99. The quantitative estimate of drug-likeness (QED) is 0.598. The van der Waals surface area contributed by atoms with Crippen molar-refractivity contribution in [1.82, 2.24) is 4.90 Å². The Morgan fingerprint density at radius 2 is 1.82 bits per heavy atom. The van der Waals surface area contributed by atoms with Crippen LogP contribution in [-0.2, 0) is 4.79 Å². The zero-order valence-electron chi connectivity index (χ0n) is 11.9. The zero-order valence-corrected chi connectivity index (χ0v) is 11.9. The van der Waals surface area contributed by atoms with Crippen molar-refractivity contribution in [2.75, 3.05) is 13.1 Å². The van der Waals surface area contributed by atoms with E-state index in [2.05, 4.69) is 25.7 Å². The van der Waals surface area contributed by atoms with Crippen molar-refractivity contribution >= 4 is 5.97 Å². The monoisotopic (exact) mass is 243 g/mol. The molecule has 0 aromatic carbocycles.